The summed E-state index contributed by atoms with van der Waals surface area (Å²) in [6.07, 6.45) is 2.17. The van der Waals surface area contributed by atoms with E-state index in [9.17, 15) is 4.79 Å². The van der Waals surface area contributed by atoms with Crippen molar-refractivity contribution in [3.8, 4) is 11.8 Å². The Morgan fingerprint density at radius 2 is 1.88 bits per heavy atom. The average molecular weight is 313 g/mol. The smallest absolute Gasteiger partial charge is 0.228 e. The van der Waals surface area contributed by atoms with Crippen LogP contribution in [0, 0.1) is 18.8 Å². The van der Waals surface area contributed by atoms with Gasteiger partial charge in [0, 0.05) is 23.2 Å². The third-order valence-corrected chi connectivity index (χ3v) is 4.69. The number of hydrogen-bond acceptors (Lipinski definition) is 1. The van der Waals surface area contributed by atoms with E-state index in [1.54, 1.807) is 0 Å². The van der Waals surface area contributed by atoms with E-state index < -0.39 is 0 Å². The van der Waals surface area contributed by atoms with Gasteiger partial charge in [-0.1, -0.05) is 42.5 Å². The van der Waals surface area contributed by atoms with Crippen molar-refractivity contribution < 1.29 is 4.79 Å². The lowest BCUT2D eigenvalue weighted by Crippen LogP contribution is -2.11. The lowest BCUT2D eigenvalue weighted by molar-refractivity contribution is -0.115. The molecule has 24 heavy (non-hydrogen) atoms. The molecule has 0 radical (unpaired) electrons. The Morgan fingerprint density at radius 3 is 2.71 bits per heavy atom. The van der Waals surface area contributed by atoms with Crippen LogP contribution in [0.25, 0.3) is 11.1 Å². The van der Waals surface area contributed by atoms with Gasteiger partial charge in [-0.25, -0.2) is 0 Å². The summed E-state index contributed by atoms with van der Waals surface area (Å²) in [6, 6.07) is 12.6. The number of carbonyl (C=O) groups is 1. The first-order valence-electron chi connectivity index (χ1n) is 8.41. The number of benzene rings is 2. The zero-order chi connectivity index (χ0) is 16.7. The van der Waals surface area contributed by atoms with Gasteiger partial charge in [0.05, 0.1) is 6.42 Å². The lowest BCUT2D eigenvalue weighted by atomic mass is 9.96. The average Bonchev–Trinajstić information content (AvgIpc) is 2.84. The van der Waals surface area contributed by atoms with Gasteiger partial charge < -0.3 is 5.32 Å². The fourth-order valence-electron chi connectivity index (χ4n) is 3.57. The highest BCUT2D eigenvalue weighted by atomic mass is 16.1. The molecule has 0 saturated heterocycles. The molecule has 1 N–H and O–H groups in total. The number of rotatable bonds is 0. The van der Waals surface area contributed by atoms with Gasteiger partial charge in [-0.2, -0.15) is 0 Å². The number of allylic oxidation sites excluding steroid dienone is 1. The van der Waals surface area contributed by atoms with Crippen LogP contribution in [0.3, 0.4) is 0 Å². The minimum absolute atomic E-state index is 0.0583. The SMILES string of the molecule is CCC#Cc1ccc2c(c1)C1=C(CC(=O)N2)c2cc(C)ccc2C1. The first-order valence-corrected chi connectivity index (χ1v) is 8.41. The fourth-order valence-corrected chi connectivity index (χ4v) is 3.57. The minimum Gasteiger partial charge on any atom is -0.325 e. The maximum absolute atomic E-state index is 12.4. The van der Waals surface area contributed by atoms with Gasteiger partial charge in [-0.3, -0.25) is 4.79 Å². The molecule has 4 rings (SSSR count). The molecule has 1 aliphatic carbocycles. The summed E-state index contributed by atoms with van der Waals surface area (Å²) in [5.74, 6) is 6.39. The minimum atomic E-state index is 0.0583. The topological polar surface area (TPSA) is 29.1 Å². The Bertz CT molecular complexity index is 954. The summed E-state index contributed by atoms with van der Waals surface area (Å²) in [6.45, 7) is 4.15. The Labute approximate surface area is 142 Å². The van der Waals surface area contributed by atoms with Crippen LogP contribution >= 0.6 is 0 Å². The van der Waals surface area contributed by atoms with Gasteiger partial charge in [-0.05, 0) is 53.8 Å². The number of carbonyl (C=O) groups excluding carboxylic acids is 1. The molecule has 0 bridgehead atoms. The number of amides is 1. The second kappa shape index (κ2) is 5.69. The van der Waals surface area contributed by atoms with Crippen molar-refractivity contribution in [2.24, 2.45) is 0 Å². The largest absolute Gasteiger partial charge is 0.325 e. The molecule has 2 aromatic rings. The Balaban J connectivity index is 1.90. The summed E-state index contributed by atoms with van der Waals surface area (Å²) in [7, 11) is 0. The molecule has 0 fully saturated rings. The standard InChI is InChI=1S/C22H19NO/c1-3-4-5-15-7-9-21-20(11-15)18-12-16-8-6-14(2)10-17(16)19(18)13-22(24)23-21/h6-11H,3,12-13H2,1-2H3,(H,23,24). The van der Waals surface area contributed by atoms with E-state index in [1.807, 2.05) is 19.1 Å². The van der Waals surface area contributed by atoms with E-state index >= 15 is 0 Å². The number of anilines is 1. The van der Waals surface area contributed by atoms with Crippen molar-refractivity contribution in [3.05, 3.63) is 64.2 Å². The molecule has 0 aromatic heterocycles. The molecule has 2 nitrogen and oxygen atoms in total. The molecular formula is C22H19NO. The molecule has 2 heteroatoms. The zero-order valence-corrected chi connectivity index (χ0v) is 14.0. The van der Waals surface area contributed by atoms with Crippen LogP contribution in [0.15, 0.2) is 36.4 Å². The normalized spacial score (nSPS) is 14.8. The summed E-state index contributed by atoms with van der Waals surface area (Å²) in [5, 5.41) is 3.05. The molecule has 0 spiro atoms. The number of aryl methyl sites for hydroxylation is 1. The van der Waals surface area contributed by atoms with Gasteiger partial charge in [0.15, 0.2) is 0 Å². The van der Waals surface area contributed by atoms with Crippen molar-refractivity contribution in [2.45, 2.75) is 33.1 Å². The van der Waals surface area contributed by atoms with Crippen molar-refractivity contribution in [1.29, 1.82) is 0 Å². The van der Waals surface area contributed by atoms with Crippen molar-refractivity contribution >= 4 is 22.7 Å². The van der Waals surface area contributed by atoms with Crippen molar-refractivity contribution in [1.82, 2.24) is 0 Å². The molecule has 1 aliphatic heterocycles. The van der Waals surface area contributed by atoms with Gasteiger partial charge in [0.2, 0.25) is 5.91 Å². The molecule has 0 unspecified atom stereocenters. The lowest BCUT2D eigenvalue weighted by Gasteiger charge is -2.10. The maximum Gasteiger partial charge on any atom is 0.228 e. The van der Waals surface area contributed by atoms with Crippen LogP contribution in [-0.4, -0.2) is 5.91 Å². The van der Waals surface area contributed by atoms with E-state index in [1.165, 1.54) is 27.8 Å². The van der Waals surface area contributed by atoms with Gasteiger partial charge in [-0.15, -0.1) is 0 Å². The second-order valence-electron chi connectivity index (χ2n) is 6.44. The van der Waals surface area contributed by atoms with Gasteiger partial charge >= 0.3 is 0 Å². The molecule has 118 valence electrons. The van der Waals surface area contributed by atoms with E-state index in [2.05, 4.69) is 48.3 Å². The molecule has 1 heterocycles. The highest BCUT2D eigenvalue weighted by molar-refractivity contribution is 6.12. The summed E-state index contributed by atoms with van der Waals surface area (Å²) in [5.41, 5.74) is 9.24. The van der Waals surface area contributed by atoms with E-state index in [4.69, 9.17) is 0 Å². The Kier molecular flexibility index (Phi) is 3.50. The third-order valence-electron chi connectivity index (χ3n) is 4.69. The predicted octanol–water partition coefficient (Wildman–Crippen LogP) is 4.57. The molecular weight excluding hydrogens is 294 g/mol. The molecule has 0 saturated carbocycles. The van der Waals surface area contributed by atoms with E-state index in [-0.39, 0.29) is 5.91 Å². The number of fused-ring (bicyclic) bond motifs is 4. The van der Waals surface area contributed by atoms with Crippen molar-refractivity contribution in [3.63, 3.8) is 0 Å². The van der Waals surface area contributed by atoms with Crippen molar-refractivity contribution in [2.75, 3.05) is 5.32 Å². The van der Waals surface area contributed by atoms with Crippen LogP contribution in [0.2, 0.25) is 0 Å². The first-order chi connectivity index (χ1) is 11.7. The first kappa shape index (κ1) is 14.8. The van der Waals surface area contributed by atoms with Crippen LogP contribution < -0.4 is 5.32 Å². The van der Waals surface area contributed by atoms with Gasteiger partial charge in [0.25, 0.3) is 0 Å². The Hall–Kier alpha value is -2.79. The summed E-state index contributed by atoms with van der Waals surface area (Å²) >= 11 is 0. The van der Waals surface area contributed by atoms with Gasteiger partial charge in [0.1, 0.15) is 0 Å². The number of nitrogens with one attached hydrogen (secondary N) is 1. The van der Waals surface area contributed by atoms with Crippen LogP contribution in [0.4, 0.5) is 5.69 Å². The number of hydrogen-bond donors (Lipinski definition) is 1. The van der Waals surface area contributed by atoms with Crippen LogP contribution in [0.5, 0.6) is 0 Å². The molecule has 1 amide bonds. The summed E-state index contributed by atoms with van der Waals surface area (Å²) in [4.78, 5) is 12.4. The molecule has 0 atom stereocenters. The second-order valence-corrected chi connectivity index (χ2v) is 6.44. The third kappa shape index (κ3) is 2.43. The van der Waals surface area contributed by atoms with E-state index in [0.29, 0.717) is 6.42 Å². The van der Waals surface area contributed by atoms with Crippen LogP contribution in [0.1, 0.15) is 47.6 Å². The Morgan fingerprint density at radius 1 is 1.04 bits per heavy atom. The predicted molar refractivity (Wildman–Crippen MR) is 98.6 cm³/mol. The monoisotopic (exact) mass is 313 g/mol. The summed E-state index contributed by atoms with van der Waals surface area (Å²) < 4.78 is 0. The maximum atomic E-state index is 12.4. The highest BCUT2D eigenvalue weighted by Gasteiger charge is 2.28. The van der Waals surface area contributed by atoms with Crippen LogP contribution in [-0.2, 0) is 11.2 Å². The quantitative estimate of drug-likeness (QED) is 0.709. The fraction of sp³-hybridized carbons (Fsp3) is 0.227. The highest BCUT2D eigenvalue weighted by Crippen LogP contribution is 2.44. The molecule has 2 aromatic carbocycles. The molecule has 2 aliphatic rings. The van der Waals surface area contributed by atoms with E-state index in [0.717, 1.165) is 29.7 Å². The zero-order valence-electron chi connectivity index (χ0n) is 14.0.